The molecule has 0 bridgehead atoms. The van der Waals surface area contributed by atoms with Crippen molar-refractivity contribution in [3.05, 3.63) is 30.6 Å². The van der Waals surface area contributed by atoms with Gasteiger partial charge in [0, 0.05) is 17.9 Å². The number of imidazole rings is 1. The van der Waals surface area contributed by atoms with E-state index in [0.29, 0.717) is 0 Å². The van der Waals surface area contributed by atoms with Gasteiger partial charge in [0.1, 0.15) is 11.5 Å². The Labute approximate surface area is 96.5 Å². The lowest BCUT2D eigenvalue weighted by Crippen LogP contribution is -2.33. The summed E-state index contributed by atoms with van der Waals surface area (Å²) < 4.78 is 2.09. The fraction of sp³-hybridized carbons (Fsp3) is 0.462. The average molecular weight is 217 g/mol. The van der Waals surface area contributed by atoms with E-state index in [-0.39, 0.29) is 5.54 Å². The van der Waals surface area contributed by atoms with Crippen LogP contribution in [0, 0.1) is 0 Å². The number of hydrogen-bond acceptors (Lipinski definition) is 2. The van der Waals surface area contributed by atoms with Crippen LogP contribution in [-0.4, -0.2) is 14.9 Å². The molecule has 0 radical (unpaired) electrons. The molecule has 0 saturated heterocycles. The van der Waals surface area contributed by atoms with E-state index in [4.69, 9.17) is 0 Å². The smallest absolute Gasteiger partial charge is 0.138 e. The Morgan fingerprint density at radius 2 is 2.06 bits per heavy atom. The van der Waals surface area contributed by atoms with Gasteiger partial charge in [-0.05, 0) is 31.9 Å². The summed E-state index contributed by atoms with van der Waals surface area (Å²) in [5, 5.41) is 3.61. The first-order chi connectivity index (χ1) is 7.68. The lowest BCUT2D eigenvalue weighted by atomic mass is 9.95. The van der Waals surface area contributed by atoms with Crippen molar-refractivity contribution in [2.24, 2.45) is 0 Å². The van der Waals surface area contributed by atoms with Gasteiger partial charge in [-0.1, -0.05) is 19.9 Å². The van der Waals surface area contributed by atoms with Crippen LogP contribution < -0.4 is 5.32 Å². The van der Waals surface area contributed by atoms with E-state index >= 15 is 0 Å². The number of rotatable bonds is 4. The SMILES string of the molecule is CCC(C)(CC)Nc1cccc2nccn12. The van der Waals surface area contributed by atoms with E-state index < -0.39 is 0 Å². The number of hydrogen-bond donors (Lipinski definition) is 1. The van der Waals surface area contributed by atoms with Crippen molar-refractivity contribution >= 4 is 11.5 Å². The maximum absolute atomic E-state index is 4.28. The predicted octanol–water partition coefficient (Wildman–Crippen LogP) is 3.32. The van der Waals surface area contributed by atoms with Gasteiger partial charge in [0.2, 0.25) is 0 Å². The number of anilines is 1. The van der Waals surface area contributed by atoms with Crippen molar-refractivity contribution in [3.63, 3.8) is 0 Å². The third-order valence-corrected chi connectivity index (χ3v) is 3.42. The van der Waals surface area contributed by atoms with Gasteiger partial charge in [-0.15, -0.1) is 0 Å². The quantitative estimate of drug-likeness (QED) is 0.851. The Kier molecular flexibility index (Phi) is 2.86. The zero-order valence-corrected chi connectivity index (χ0v) is 10.2. The third-order valence-electron chi connectivity index (χ3n) is 3.42. The molecule has 1 N–H and O–H groups in total. The van der Waals surface area contributed by atoms with Crippen molar-refractivity contribution in [1.29, 1.82) is 0 Å². The molecule has 0 unspecified atom stereocenters. The van der Waals surface area contributed by atoms with Crippen molar-refractivity contribution < 1.29 is 0 Å². The largest absolute Gasteiger partial charge is 0.366 e. The molecule has 0 aliphatic rings. The number of pyridine rings is 1. The second-order valence-corrected chi connectivity index (χ2v) is 4.46. The lowest BCUT2D eigenvalue weighted by Gasteiger charge is -2.29. The highest BCUT2D eigenvalue weighted by molar-refractivity contribution is 5.50. The Morgan fingerprint density at radius 1 is 1.31 bits per heavy atom. The van der Waals surface area contributed by atoms with Gasteiger partial charge in [-0.25, -0.2) is 4.98 Å². The number of aromatic nitrogens is 2. The van der Waals surface area contributed by atoms with Crippen LogP contribution in [0.5, 0.6) is 0 Å². The fourth-order valence-corrected chi connectivity index (χ4v) is 1.79. The highest BCUT2D eigenvalue weighted by Crippen LogP contribution is 2.22. The standard InChI is InChI=1S/C13H19N3/c1-4-13(3,5-2)15-12-8-6-7-11-14-9-10-16(11)12/h6-10,15H,4-5H2,1-3H3. The summed E-state index contributed by atoms with van der Waals surface area (Å²) in [4.78, 5) is 4.28. The van der Waals surface area contributed by atoms with Crippen molar-refractivity contribution in [2.45, 2.75) is 39.2 Å². The minimum atomic E-state index is 0.151. The van der Waals surface area contributed by atoms with Crippen LogP contribution >= 0.6 is 0 Å². The molecule has 0 aromatic carbocycles. The van der Waals surface area contributed by atoms with Crippen molar-refractivity contribution in [2.75, 3.05) is 5.32 Å². The molecule has 2 aromatic rings. The lowest BCUT2D eigenvalue weighted by molar-refractivity contribution is 0.476. The van der Waals surface area contributed by atoms with Gasteiger partial charge < -0.3 is 5.32 Å². The molecule has 3 nitrogen and oxygen atoms in total. The maximum Gasteiger partial charge on any atom is 0.138 e. The molecule has 0 aliphatic heterocycles. The van der Waals surface area contributed by atoms with Crippen LogP contribution in [0.1, 0.15) is 33.6 Å². The molecule has 2 heterocycles. The normalized spacial score (nSPS) is 11.9. The number of nitrogens with one attached hydrogen (secondary N) is 1. The van der Waals surface area contributed by atoms with Crippen LogP contribution in [0.2, 0.25) is 0 Å². The fourth-order valence-electron chi connectivity index (χ4n) is 1.79. The zero-order valence-electron chi connectivity index (χ0n) is 10.2. The summed E-state index contributed by atoms with van der Waals surface area (Å²) in [5.41, 5.74) is 1.14. The molecular formula is C13H19N3. The molecule has 0 amide bonds. The van der Waals surface area contributed by atoms with Gasteiger partial charge >= 0.3 is 0 Å². The summed E-state index contributed by atoms with van der Waals surface area (Å²) in [6, 6.07) is 6.15. The highest BCUT2D eigenvalue weighted by atomic mass is 15.1. The van der Waals surface area contributed by atoms with Crippen LogP contribution in [0.15, 0.2) is 30.6 Å². The zero-order chi connectivity index (χ0) is 11.6. The molecule has 0 aliphatic carbocycles. The first-order valence-corrected chi connectivity index (χ1v) is 5.89. The Balaban J connectivity index is 2.37. The highest BCUT2D eigenvalue weighted by Gasteiger charge is 2.19. The molecule has 0 saturated carbocycles. The minimum absolute atomic E-state index is 0.151. The third kappa shape index (κ3) is 1.90. The second-order valence-electron chi connectivity index (χ2n) is 4.46. The van der Waals surface area contributed by atoms with E-state index in [0.717, 1.165) is 24.3 Å². The molecule has 86 valence electrons. The van der Waals surface area contributed by atoms with Gasteiger partial charge in [0.05, 0.1) is 0 Å². The van der Waals surface area contributed by atoms with Gasteiger partial charge in [0.15, 0.2) is 0 Å². The van der Waals surface area contributed by atoms with Gasteiger partial charge in [-0.3, -0.25) is 4.40 Å². The predicted molar refractivity (Wildman–Crippen MR) is 67.8 cm³/mol. The van der Waals surface area contributed by atoms with E-state index in [2.05, 4.69) is 41.5 Å². The monoisotopic (exact) mass is 217 g/mol. The molecule has 2 rings (SSSR count). The second kappa shape index (κ2) is 4.16. The van der Waals surface area contributed by atoms with Crippen LogP contribution in [0.3, 0.4) is 0 Å². The molecule has 3 heteroatoms. The van der Waals surface area contributed by atoms with E-state index in [1.807, 2.05) is 24.5 Å². The molecular weight excluding hydrogens is 198 g/mol. The van der Waals surface area contributed by atoms with Crippen LogP contribution in [0.4, 0.5) is 5.82 Å². The number of nitrogens with zero attached hydrogens (tertiary/aromatic N) is 2. The summed E-state index contributed by atoms with van der Waals surface area (Å²) in [7, 11) is 0. The Hall–Kier alpha value is -1.51. The van der Waals surface area contributed by atoms with Crippen LogP contribution in [0.25, 0.3) is 5.65 Å². The summed E-state index contributed by atoms with van der Waals surface area (Å²) in [6.45, 7) is 6.68. The molecule has 0 atom stereocenters. The van der Waals surface area contributed by atoms with Gasteiger partial charge in [-0.2, -0.15) is 0 Å². The van der Waals surface area contributed by atoms with E-state index in [9.17, 15) is 0 Å². The summed E-state index contributed by atoms with van der Waals surface area (Å²) in [6.07, 6.45) is 6.03. The van der Waals surface area contributed by atoms with E-state index in [1.165, 1.54) is 0 Å². The van der Waals surface area contributed by atoms with E-state index in [1.54, 1.807) is 0 Å². The Bertz CT molecular complexity index is 469. The Morgan fingerprint density at radius 3 is 2.75 bits per heavy atom. The first kappa shape index (κ1) is 11.0. The first-order valence-electron chi connectivity index (χ1n) is 5.89. The summed E-state index contributed by atoms with van der Waals surface area (Å²) >= 11 is 0. The molecule has 16 heavy (non-hydrogen) atoms. The van der Waals surface area contributed by atoms with Crippen molar-refractivity contribution in [1.82, 2.24) is 9.38 Å². The topological polar surface area (TPSA) is 29.3 Å². The summed E-state index contributed by atoms with van der Waals surface area (Å²) in [5.74, 6) is 1.11. The maximum atomic E-state index is 4.28. The number of fused-ring (bicyclic) bond motifs is 1. The molecule has 2 aromatic heterocycles. The molecule has 0 fully saturated rings. The van der Waals surface area contributed by atoms with Gasteiger partial charge in [0.25, 0.3) is 0 Å². The van der Waals surface area contributed by atoms with Crippen molar-refractivity contribution in [3.8, 4) is 0 Å². The minimum Gasteiger partial charge on any atom is -0.366 e. The molecule has 0 spiro atoms. The van der Waals surface area contributed by atoms with Crippen LogP contribution in [-0.2, 0) is 0 Å². The average Bonchev–Trinajstić information content (AvgIpc) is 2.78.